The molecule has 0 aliphatic carbocycles. The molecule has 0 saturated carbocycles. The van der Waals surface area contributed by atoms with Crippen LogP contribution in [0.2, 0.25) is 0 Å². The van der Waals surface area contributed by atoms with Crippen molar-refractivity contribution < 1.29 is 4.39 Å². The zero-order chi connectivity index (χ0) is 15.1. The molecule has 0 fully saturated rings. The highest BCUT2D eigenvalue weighted by Crippen LogP contribution is 2.38. The van der Waals surface area contributed by atoms with Crippen LogP contribution in [-0.4, -0.2) is 9.97 Å². The monoisotopic (exact) mass is 412 g/mol. The molecule has 0 aliphatic heterocycles. The Morgan fingerprint density at radius 3 is 2.43 bits per heavy atom. The Labute approximate surface area is 136 Å². The third kappa shape index (κ3) is 2.70. The minimum absolute atomic E-state index is 0.258. The molecule has 6 heteroatoms. The van der Waals surface area contributed by atoms with E-state index in [2.05, 4.69) is 41.8 Å². The first-order valence-corrected chi connectivity index (χ1v) is 7.98. The molecule has 2 N–H and O–H groups in total. The number of aryl methyl sites for hydroxylation is 1. The van der Waals surface area contributed by atoms with Crippen LogP contribution in [-0.2, 0) is 0 Å². The molecule has 108 valence electrons. The smallest absolute Gasteiger partial charge is 0.306 e. The normalized spacial score (nSPS) is 12.8. The van der Waals surface area contributed by atoms with Gasteiger partial charge in [-0.15, -0.1) is 0 Å². The quantitative estimate of drug-likeness (QED) is 0.595. The van der Waals surface area contributed by atoms with Crippen molar-refractivity contribution in [1.29, 1.82) is 0 Å². The number of H-pyrrole nitrogens is 2. The average Bonchev–Trinajstić information content (AvgIpc) is 2.76. The van der Waals surface area contributed by atoms with Crippen LogP contribution in [0.3, 0.4) is 0 Å². The van der Waals surface area contributed by atoms with Crippen molar-refractivity contribution in [1.82, 2.24) is 9.97 Å². The summed E-state index contributed by atoms with van der Waals surface area (Å²) < 4.78 is 14.9. The molecule has 1 atom stereocenters. The van der Waals surface area contributed by atoms with Gasteiger partial charge in [0.15, 0.2) is 0 Å². The number of rotatable bonds is 2. The Bertz CT molecular complexity index is 885. The Morgan fingerprint density at radius 1 is 1.10 bits per heavy atom. The number of hydrogen-bond donors (Lipinski definition) is 2. The number of halogens is 3. The number of hydrogen-bond acceptors (Lipinski definition) is 1. The third-order valence-corrected chi connectivity index (χ3v) is 5.01. The first-order chi connectivity index (χ1) is 9.95. The average molecular weight is 414 g/mol. The molecular weight excluding hydrogens is 403 g/mol. The van der Waals surface area contributed by atoms with Crippen LogP contribution in [0, 0.1) is 12.7 Å². The van der Waals surface area contributed by atoms with E-state index in [1.54, 1.807) is 6.07 Å². The predicted octanol–water partition coefficient (Wildman–Crippen LogP) is 4.55. The van der Waals surface area contributed by atoms with Crippen LogP contribution in [0.4, 0.5) is 4.39 Å². The van der Waals surface area contributed by atoms with E-state index in [4.69, 9.17) is 0 Å². The van der Waals surface area contributed by atoms with Gasteiger partial charge in [0.1, 0.15) is 5.82 Å². The standard InChI is InChI=1S/C15H11Br2FN2O/c1-7-2-3-8(11(18)4-7)14(17)9-5-12-13(6-10(9)16)20-15(21)19-12/h2-6,14H,1H3,(H2,19,20,21). The fourth-order valence-electron chi connectivity index (χ4n) is 2.27. The zero-order valence-electron chi connectivity index (χ0n) is 11.0. The van der Waals surface area contributed by atoms with E-state index in [0.717, 1.165) is 15.6 Å². The van der Waals surface area contributed by atoms with Gasteiger partial charge in [-0.05, 0) is 36.2 Å². The maximum absolute atomic E-state index is 14.1. The molecule has 0 amide bonds. The van der Waals surface area contributed by atoms with Crippen LogP contribution in [0.1, 0.15) is 21.5 Å². The fraction of sp³-hybridized carbons (Fsp3) is 0.133. The predicted molar refractivity (Wildman–Crippen MR) is 88.5 cm³/mol. The van der Waals surface area contributed by atoms with Gasteiger partial charge in [-0.3, -0.25) is 0 Å². The first kappa shape index (κ1) is 14.5. The van der Waals surface area contributed by atoms with Crippen LogP contribution < -0.4 is 5.69 Å². The van der Waals surface area contributed by atoms with Gasteiger partial charge in [0, 0.05) is 10.0 Å². The molecule has 1 heterocycles. The second kappa shape index (κ2) is 5.42. The lowest BCUT2D eigenvalue weighted by molar-refractivity contribution is 0.612. The fourth-order valence-corrected chi connectivity index (χ4v) is 3.90. The molecule has 3 rings (SSSR count). The van der Waals surface area contributed by atoms with Crippen molar-refractivity contribution in [3.8, 4) is 0 Å². The second-order valence-electron chi connectivity index (χ2n) is 4.89. The van der Waals surface area contributed by atoms with Gasteiger partial charge in [-0.25, -0.2) is 9.18 Å². The summed E-state index contributed by atoms with van der Waals surface area (Å²) in [5.74, 6) is -0.258. The van der Waals surface area contributed by atoms with E-state index in [9.17, 15) is 9.18 Å². The molecule has 0 radical (unpaired) electrons. The van der Waals surface area contributed by atoms with Crippen molar-refractivity contribution >= 4 is 42.9 Å². The van der Waals surface area contributed by atoms with E-state index >= 15 is 0 Å². The van der Waals surface area contributed by atoms with Gasteiger partial charge in [-0.1, -0.05) is 44.0 Å². The summed E-state index contributed by atoms with van der Waals surface area (Å²) in [7, 11) is 0. The third-order valence-electron chi connectivity index (χ3n) is 3.34. The highest BCUT2D eigenvalue weighted by atomic mass is 79.9. The van der Waals surface area contributed by atoms with Gasteiger partial charge < -0.3 is 9.97 Å². The Balaban J connectivity index is 2.14. The molecule has 0 bridgehead atoms. The van der Waals surface area contributed by atoms with Gasteiger partial charge in [0.05, 0.1) is 15.9 Å². The van der Waals surface area contributed by atoms with Crippen molar-refractivity contribution in [2.75, 3.05) is 0 Å². The number of aromatic nitrogens is 2. The molecule has 2 aromatic carbocycles. The van der Waals surface area contributed by atoms with Crippen LogP contribution in [0.25, 0.3) is 11.0 Å². The van der Waals surface area contributed by atoms with Crippen molar-refractivity contribution in [2.45, 2.75) is 11.8 Å². The molecule has 0 aliphatic rings. The van der Waals surface area contributed by atoms with Gasteiger partial charge >= 0.3 is 5.69 Å². The topological polar surface area (TPSA) is 48.6 Å². The number of benzene rings is 2. The summed E-state index contributed by atoms with van der Waals surface area (Å²) in [6.07, 6.45) is 0. The summed E-state index contributed by atoms with van der Waals surface area (Å²) in [5.41, 5.74) is 3.41. The molecule has 0 saturated heterocycles. The lowest BCUT2D eigenvalue weighted by atomic mass is 10.0. The highest BCUT2D eigenvalue weighted by molar-refractivity contribution is 9.11. The van der Waals surface area contributed by atoms with E-state index in [0.29, 0.717) is 16.6 Å². The maximum atomic E-state index is 14.1. The minimum atomic E-state index is -0.310. The maximum Gasteiger partial charge on any atom is 0.323 e. The SMILES string of the molecule is Cc1ccc(C(Br)c2cc3[nH]c(=O)[nH]c3cc2Br)c(F)c1. The largest absolute Gasteiger partial charge is 0.323 e. The number of fused-ring (bicyclic) bond motifs is 1. The van der Waals surface area contributed by atoms with Gasteiger partial charge in [0.25, 0.3) is 0 Å². The molecule has 3 aromatic rings. The lowest BCUT2D eigenvalue weighted by Gasteiger charge is -2.14. The molecule has 1 aromatic heterocycles. The highest BCUT2D eigenvalue weighted by Gasteiger charge is 2.18. The number of nitrogens with one attached hydrogen (secondary N) is 2. The van der Waals surface area contributed by atoms with Crippen molar-refractivity contribution in [3.05, 3.63) is 67.8 Å². The first-order valence-electron chi connectivity index (χ1n) is 6.27. The van der Waals surface area contributed by atoms with E-state index in [-0.39, 0.29) is 16.3 Å². The number of alkyl halides is 1. The Kier molecular flexibility index (Phi) is 3.75. The summed E-state index contributed by atoms with van der Waals surface area (Å²) in [5, 5.41) is 0. The molecule has 21 heavy (non-hydrogen) atoms. The van der Waals surface area contributed by atoms with E-state index in [1.807, 2.05) is 25.1 Å². The second-order valence-corrected chi connectivity index (χ2v) is 6.66. The number of aromatic amines is 2. The molecule has 1 unspecified atom stereocenters. The summed E-state index contributed by atoms with van der Waals surface area (Å²) in [6.45, 7) is 1.85. The minimum Gasteiger partial charge on any atom is -0.306 e. The van der Waals surface area contributed by atoms with Crippen LogP contribution in [0.5, 0.6) is 0 Å². The zero-order valence-corrected chi connectivity index (χ0v) is 14.2. The molecule has 3 nitrogen and oxygen atoms in total. The summed E-state index contributed by atoms with van der Waals surface area (Å²) >= 11 is 7.02. The van der Waals surface area contributed by atoms with E-state index < -0.39 is 0 Å². The summed E-state index contributed by atoms with van der Waals surface area (Å²) in [4.78, 5) is 16.4. The van der Waals surface area contributed by atoms with Crippen LogP contribution in [0.15, 0.2) is 39.6 Å². The van der Waals surface area contributed by atoms with Crippen LogP contribution >= 0.6 is 31.9 Å². The van der Waals surface area contributed by atoms with Crippen molar-refractivity contribution in [3.63, 3.8) is 0 Å². The van der Waals surface area contributed by atoms with Gasteiger partial charge in [-0.2, -0.15) is 0 Å². The Morgan fingerprint density at radius 2 is 1.76 bits per heavy atom. The lowest BCUT2D eigenvalue weighted by Crippen LogP contribution is -1.99. The van der Waals surface area contributed by atoms with Gasteiger partial charge in [0.2, 0.25) is 0 Å². The van der Waals surface area contributed by atoms with Crippen molar-refractivity contribution in [2.24, 2.45) is 0 Å². The molecule has 0 spiro atoms. The number of imidazole rings is 1. The molecular formula is C15H11Br2FN2O. The summed E-state index contributed by atoms with van der Waals surface area (Å²) in [6, 6.07) is 8.78. The Hall–Kier alpha value is -1.40. The van der Waals surface area contributed by atoms with E-state index in [1.165, 1.54) is 6.07 Å².